The maximum atomic E-state index is 13.9. The van der Waals surface area contributed by atoms with Crippen LogP contribution in [-0.4, -0.2) is 84.4 Å². The van der Waals surface area contributed by atoms with Gasteiger partial charge in [0.05, 0.1) is 23.9 Å². The molecule has 2 aromatic carbocycles. The number of hydrogen-bond donors (Lipinski definition) is 5. The van der Waals surface area contributed by atoms with Gasteiger partial charge in [-0.25, -0.2) is 0 Å². The summed E-state index contributed by atoms with van der Waals surface area (Å²) in [5, 5.41) is 16.3. The van der Waals surface area contributed by atoms with Crippen molar-refractivity contribution >= 4 is 36.3 Å². The summed E-state index contributed by atoms with van der Waals surface area (Å²) < 4.78 is 13.1. The van der Waals surface area contributed by atoms with Gasteiger partial charge in [-0.05, 0) is 124 Å². The molecule has 7 N–H and O–H groups in total. The van der Waals surface area contributed by atoms with Crippen molar-refractivity contribution in [3.8, 4) is 11.1 Å². The Morgan fingerprint density at radius 3 is 2.05 bits per heavy atom. The smallest absolute Gasteiger partial charge is 0.405 e. The van der Waals surface area contributed by atoms with Crippen molar-refractivity contribution in [3.63, 3.8) is 0 Å². The molecule has 6 rings (SSSR count). The number of nitrogens with two attached hydrogens (primary N) is 2. The van der Waals surface area contributed by atoms with Crippen LogP contribution in [0.3, 0.4) is 0 Å². The number of aliphatic hydroxyl groups excluding tert-OH is 1. The molecule has 2 bridgehead atoms. The summed E-state index contributed by atoms with van der Waals surface area (Å²) in [6.45, 7) is 14.6. The fraction of sp³-hybridized carbons (Fsp3) is 0.660. The van der Waals surface area contributed by atoms with E-state index in [9.17, 15) is 29.1 Å². The fourth-order valence-electron chi connectivity index (χ4n) is 10.2. The van der Waals surface area contributed by atoms with Crippen molar-refractivity contribution < 1.29 is 38.4 Å². The maximum absolute atomic E-state index is 13.9. The third-order valence-electron chi connectivity index (χ3n) is 14.6. The number of Topliss-reactive ketones (excluding diaryl/α,β-unsaturated/α-hetero) is 3. The number of aryl methyl sites for hydroxylation is 1. The third-order valence-corrected chi connectivity index (χ3v) is 14.6. The van der Waals surface area contributed by atoms with Gasteiger partial charge in [0.1, 0.15) is 6.04 Å². The second kappa shape index (κ2) is 22.4. The van der Waals surface area contributed by atoms with Crippen molar-refractivity contribution in [2.45, 2.75) is 168 Å². The first kappa shape index (κ1) is 50.3. The Bertz CT molecular complexity index is 1870. The van der Waals surface area contributed by atoms with Gasteiger partial charge in [0.15, 0.2) is 17.3 Å². The lowest BCUT2D eigenvalue weighted by Gasteiger charge is -2.64. The Hall–Kier alpha value is -3.75. The first-order chi connectivity index (χ1) is 29.9. The SMILES string of the molecule is CCCCc1ccc(-c2ccc(C(=O)C[C@@H](CCCN)C(=O)N[C@H](C(=O)C[C@@H](C)C(=O)N[C@@H](CCCCN)C(=O)C[C@@H](C)B3OC4C[C@@H]5C[C@@H](C5(C)C)[C@]4(C)O3)[C@@H](C)O)cc2)cc1. The summed E-state index contributed by atoms with van der Waals surface area (Å²) in [5.41, 5.74) is 15.2. The number of benzene rings is 2. The number of carbonyl (C=O) groups is 5. The highest BCUT2D eigenvalue weighted by molar-refractivity contribution is 6.47. The second-order valence-electron chi connectivity index (χ2n) is 19.8. The number of rotatable bonds is 26. The predicted octanol–water partition coefficient (Wildman–Crippen LogP) is 6.78. The van der Waals surface area contributed by atoms with Crippen LogP contribution < -0.4 is 22.1 Å². The summed E-state index contributed by atoms with van der Waals surface area (Å²) in [6, 6.07) is 13.6. The number of amides is 2. The topological polar surface area (TPSA) is 200 Å². The van der Waals surface area contributed by atoms with Gasteiger partial charge in [-0.1, -0.05) is 89.6 Å². The predicted molar refractivity (Wildman–Crippen MR) is 248 cm³/mol. The highest BCUT2D eigenvalue weighted by atomic mass is 16.7. The number of unbranched alkanes of at least 4 members (excludes halogenated alkanes) is 2. The van der Waals surface area contributed by atoms with E-state index >= 15 is 0 Å². The van der Waals surface area contributed by atoms with Crippen molar-refractivity contribution in [1.29, 1.82) is 0 Å². The van der Waals surface area contributed by atoms with Crippen molar-refractivity contribution in [1.82, 2.24) is 10.6 Å². The molecule has 1 heterocycles. The van der Waals surface area contributed by atoms with Gasteiger partial charge >= 0.3 is 7.12 Å². The zero-order chi connectivity index (χ0) is 46.1. The van der Waals surface area contributed by atoms with E-state index in [1.54, 1.807) is 19.1 Å². The first-order valence-corrected chi connectivity index (χ1v) is 23.7. The maximum Gasteiger partial charge on any atom is 0.461 e. The molecule has 0 radical (unpaired) electrons. The zero-order valence-corrected chi connectivity index (χ0v) is 39.0. The Labute approximate surface area is 376 Å². The molecule has 4 aliphatic rings. The molecule has 0 spiro atoms. The fourth-order valence-corrected chi connectivity index (χ4v) is 10.2. The average molecular weight is 871 g/mol. The van der Waals surface area contributed by atoms with Crippen LogP contribution in [0, 0.1) is 29.1 Å². The summed E-state index contributed by atoms with van der Waals surface area (Å²) in [4.78, 5) is 68.5. The van der Waals surface area contributed by atoms with Crippen LogP contribution in [0.2, 0.25) is 5.82 Å². The zero-order valence-electron chi connectivity index (χ0n) is 39.0. The van der Waals surface area contributed by atoms with E-state index in [0.29, 0.717) is 62.6 Å². The molecule has 13 heteroatoms. The molecule has 346 valence electrons. The molecule has 1 unspecified atom stereocenters. The lowest BCUT2D eigenvalue weighted by Crippen LogP contribution is -2.65. The van der Waals surface area contributed by atoms with Crippen LogP contribution in [0.25, 0.3) is 11.1 Å². The molecular weight excluding hydrogens is 795 g/mol. The Morgan fingerprint density at radius 1 is 0.794 bits per heavy atom. The monoisotopic (exact) mass is 871 g/mol. The van der Waals surface area contributed by atoms with E-state index in [0.717, 1.165) is 43.2 Å². The van der Waals surface area contributed by atoms with E-state index in [1.165, 1.54) is 12.5 Å². The molecule has 0 aromatic heterocycles. The van der Waals surface area contributed by atoms with Crippen molar-refractivity contribution in [2.75, 3.05) is 13.1 Å². The third kappa shape index (κ3) is 12.3. The van der Waals surface area contributed by atoms with Gasteiger partial charge in [-0.3, -0.25) is 24.0 Å². The van der Waals surface area contributed by atoms with E-state index < -0.39 is 60.3 Å². The average Bonchev–Trinajstić information content (AvgIpc) is 3.63. The minimum absolute atomic E-state index is 0.00245. The molecule has 4 fully saturated rings. The van der Waals surface area contributed by atoms with Crippen LogP contribution in [0.5, 0.6) is 0 Å². The van der Waals surface area contributed by atoms with Gasteiger partial charge < -0.3 is 36.5 Å². The van der Waals surface area contributed by atoms with E-state index in [2.05, 4.69) is 62.6 Å². The highest BCUT2D eigenvalue weighted by Gasteiger charge is 2.68. The van der Waals surface area contributed by atoms with Gasteiger partial charge in [0.25, 0.3) is 0 Å². The van der Waals surface area contributed by atoms with Crippen molar-refractivity contribution in [3.05, 3.63) is 59.7 Å². The van der Waals surface area contributed by atoms with Crippen LogP contribution in [0.4, 0.5) is 0 Å². The summed E-state index contributed by atoms with van der Waals surface area (Å²) >= 11 is 0. The minimum atomic E-state index is -1.31. The standard InChI is InChI=1S/C50H75BN4O8/c1-8-9-13-34-16-18-35(19-17-34)36-20-22-37(23-21-36)41(57)28-38(14-12-25-53)48(61)55-46(33(4)56)43(59)26-31(2)47(60)54-40(15-10-11-24-52)42(58)27-32(3)51-62-45-30-39-29-44(49(39,5)6)50(45,7)63-51/h16-23,31-33,38-40,44-46,56H,8-15,24-30,52-53H2,1-7H3,(H,54,60)(H,55,61)/t31-,32-,33-,38-,39+,40+,44+,45?,46+,50+/m1/s1. The van der Waals surface area contributed by atoms with Crippen LogP contribution in [0.15, 0.2) is 48.5 Å². The normalized spacial score (nSPS) is 23.9. The lowest BCUT2D eigenvalue weighted by molar-refractivity contribution is -0.199. The second-order valence-corrected chi connectivity index (χ2v) is 19.8. The number of nitrogens with one attached hydrogen (secondary N) is 2. The quantitative estimate of drug-likeness (QED) is 0.0382. The van der Waals surface area contributed by atoms with Gasteiger partial charge in [-0.2, -0.15) is 0 Å². The van der Waals surface area contributed by atoms with Crippen LogP contribution in [0.1, 0.15) is 141 Å². The summed E-state index contributed by atoms with van der Waals surface area (Å²) in [6.07, 6.45) is 6.38. The summed E-state index contributed by atoms with van der Waals surface area (Å²) in [7, 11) is -0.521. The Morgan fingerprint density at radius 2 is 1.44 bits per heavy atom. The molecule has 1 saturated heterocycles. The number of aliphatic hydroxyl groups is 1. The number of carbonyl (C=O) groups excluding carboxylic acids is 5. The number of hydrogen-bond acceptors (Lipinski definition) is 10. The summed E-state index contributed by atoms with van der Waals surface area (Å²) in [5.74, 6) is -2.82. The van der Waals surface area contributed by atoms with E-state index in [1.807, 2.05) is 19.1 Å². The largest absolute Gasteiger partial charge is 0.461 e. The number of ketones is 3. The van der Waals surface area contributed by atoms with Crippen molar-refractivity contribution in [2.24, 2.45) is 40.6 Å². The highest BCUT2D eigenvalue weighted by Crippen LogP contribution is 2.66. The molecule has 1 aliphatic heterocycles. The molecule has 12 nitrogen and oxygen atoms in total. The Kier molecular flexibility index (Phi) is 17.9. The molecule has 3 saturated carbocycles. The van der Waals surface area contributed by atoms with Gasteiger partial charge in [0, 0.05) is 36.7 Å². The molecule has 10 atom stereocenters. The molecule has 2 aromatic rings. The van der Waals surface area contributed by atoms with Gasteiger partial charge in [0.2, 0.25) is 11.8 Å². The van der Waals surface area contributed by atoms with E-state index in [4.69, 9.17) is 20.8 Å². The molecule has 2 amide bonds. The van der Waals surface area contributed by atoms with Crippen LogP contribution in [-0.2, 0) is 34.9 Å². The molecule has 3 aliphatic carbocycles. The molecular formula is C50H75BN4O8. The Balaban J connectivity index is 1.16. The van der Waals surface area contributed by atoms with Crippen LogP contribution >= 0.6 is 0 Å². The minimum Gasteiger partial charge on any atom is -0.405 e. The molecule has 63 heavy (non-hydrogen) atoms. The lowest BCUT2D eigenvalue weighted by atomic mass is 9.43. The van der Waals surface area contributed by atoms with Gasteiger partial charge in [-0.15, -0.1) is 0 Å². The first-order valence-electron chi connectivity index (χ1n) is 23.7. The van der Waals surface area contributed by atoms with E-state index in [-0.39, 0.29) is 48.2 Å².